The van der Waals surface area contributed by atoms with Gasteiger partial charge in [-0.05, 0) is 177 Å². The summed E-state index contributed by atoms with van der Waals surface area (Å²) in [7, 11) is 1.82. The molecule has 3 aromatic carbocycles. The van der Waals surface area contributed by atoms with Crippen molar-refractivity contribution in [1.82, 2.24) is 5.32 Å². The third-order valence-corrected chi connectivity index (χ3v) is 21.4. The lowest BCUT2D eigenvalue weighted by Gasteiger charge is -2.53. The number of aliphatic hydroxyl groups excluding tert-OH is 2. The van der Waals surface area contributed by atoms with Crippen molar-refractivity contribution in [3.63, 3.8) is 0 Å². The van der Waals surface area contributed by atoms with E-state index in [4.69, 9.17) is 20.2 Å². The lowest BCUT2D eigenvalue weighted by Crippen LogP contribution is -2.51. The predicted octanol–water partition coefficient (Wildman–Crippen LogP) is 11.6. The second-order valence-electron chi connectivity index (χ2n) is 25.9. The summed E-state index contributed by atoms with van der Waals surface area (Å²) in [5.74, 6) is 8.20. The van der Waals surface area contributed by atoms with Gasteiger partial charge in [-0.1, -0.05) is 104 Å². The zero-order valence-electron chi connectivity index (χ0n) is 45.9. The quantitative estimate of drug-likeness (QED) is 0.104. The van der Waals surface area contributed by atoms with Crippen LogP contribution in [0.2, 0.25) is 0 Å². The Hall–Kier alpha value is -5.60. The molecule has 78 heavy (non-hydrogen) atoms. The molecule has 0 radical (unpaired) electrons. The highest BCUT2D eigenvalue weighted by Crippen LogP contribution is 2.63. The van der Waals surface area contributed by atoms with Crippen LogP contribution in [0.4, 0.5) is 0 Å². The minimum atomic E-state index is -0.499. The molecule has 410 valence electrons. The highest BCUT2D eigenvalue weighted by Gasteiger charge is 2.55. The standard InChI is InChI=1S/C68H81N3O7/c1-39-26-50-44-29-41(31-46(74)32-44)28-40-12-10-13-45(30-40)68(24-7-3-8-25-68)71-66(69)70-57-18-11-16-49-51(42-19-20-43-36-67(38-73)23-9-6-17-56(67)55(37-72)61(43)58(75)33-42)35-60(78-47-14-4-5-15-47)65(76)64(49)63-53(27-39)52(50)34-54-48(57)21-22-59(77-2)62(54)63/h9-10,12-13,21-23,29-32,34-35,39,42-43,47-48,50,53-54,56-57,59,62-63,72-74,76H,3-8,14-15,17-20,24-28,33,36-38H2,1-2H3,(H3,69,70,71). The largest absolute Gasteiger partial charge is 0.508 e. The molecule has 3 aromatic rings. The molecule has 13 unspecified atom stereocenters. The molecule has 1 spiro atoms. The van der Waals surface area contributed by atoms with E-state index in [0.29, 0.717) is 43.3 Å². The average Bonchev–Trinajstić information content (AvgIpc) is 3.87. The fourth-order valence-electron chi connectivity index (χ4n) is 18.0. The first-order valence-electron chi connectivity index (χ1n) is 30.1. The molecule has 10 bridgehead atoms. The van der Waals surface area contributed by atoms with Crippen LogP contribution < -0.4 is 15.8 Å². The Bertz CT molecular complexity index is 3070. The summed E-state index contributed by atoms with van der Waals surface area (Å²) in [6, 6.07) is 17.0. The Labute approximate surface area is 461 Å². The lowest BCUT2D eigenvalue weighted by molar-refractivity contribution is -0.116. The molecule has 4 fully saturated rings. The number of benzene rings is 3. The molecule has 7 N–H and O–H groups in total. The third kappa shape index (κ3) is 8.97. The van der Waals surface area contributed by atoms with Gasteiger partial charge in [-0.2, -0.15) is 0 Å². The maximum absolute atomic E-state index is 15.3. The number of fused-ring (bicyclic) bond motifs is 11. The smallest absolute Gasteiger partial charge is 0.189 e. The zero-order chi connectivity index (χ0) is 53.5. The van der Waals surface area contributed by atoms with E-state index in [2.05, 4.69) is 90.9 Å². The van der Waals surface area contributed by atoms with Crippen LogP contribution in [0.5, 0.6) is 17.2 Å². The molecule has 10 heteroatoms. The van der Waals surface area contributed by atoms with E-state index in [1.165, 1.54) is 23.1 Å². The number of allylic oxidation sites excluding steroid dienone is 4. The first-order valence-corrected chi connectivity index (χ1v) is 30.1. The maximum atomic E-state index is 15.3. The molecule has 0 amide bonds. The van der Waals surface area contributed by atoms with Gasteiger partial charge >= 0.3 is 0 Å². The summed E-state index contributed by atoms with van der Waals surface area (Å²) in [5.41, 5.74) is 16.5. The highest BCUT2D eigenvalue weighted by molar-refractivity contribution is 5.98. The number of ether oxygens (including phenoxy) is 2. The Morgan fingerprint density at radius 1 is 0.910 bits per heavy atom. The molecule has 1 aliphatic heterocycles. The number of rotatable bonds is 6. The van der Waals surface area contributed by atoms with Crippen molar-refractivity contribution in [3.05, 3.63) is 135 Å². The topological polar surface area (TPSA) is 167 Å². The average molecular weight is 1050 g/mol. The van der Waals surface area contributed by atoms with Crippen LogP contribution in [0.1, 0.15) is 179 Å². The molecule has 4 saturated carbocycles. The molecule has 10 aliphatic rings. The van der Waals surface area contributed by atoms with Crippen LogP contribution >= 0.6 is 0 Å². The molecule has 13 atom stereocenters. The number of carbonyl (C=O) groups is 1. The van der Waals surface area contributed by atoms with Crippen LogP contribution in [0.3, 0.4) is 0 Å². The van der Waals surface area contributed by atoms with Gasteiger partial charge in [0.15, 0.2) is 23.2 Å². The monoisotopic (exact) mass is 1050 g/mol. The predicted molar refractivity (Wildman–Crippen MR) is 304 cm³/mol. The summed E-state index contributed by atoms with van der Waals surface area (Å²) >= 11 is 0. The number of carbonyl (C=O) groups excluding carboxylic acids is 1. The molecule has 9 aliphatic carbocycles. The minimum Gasteiger partial charge on any atom is -0.508 e. The van der Waals surface area contributed by atoms with Gasteiger partial charge in [-0.3, -0.25) is 4.79 Å². The molecular weight excluding hydrogens is 971 g/mol. The van der Waals surface area contributed by atoms with Gasteiger partial charge in [0.05, 0.1) is 37.0 Å². The number of nitrogens with one attached hydrogen (secondary N) is 1. The summed E-state index contributed by atoms with van der Waals surface area (Å²) < 4.78 is 13.7. The zero-order valence-corrected chi connectivity index (χ0v) is 45.9. The van der Waals surface area contributed by atoms with Gasteiger partial charge in [0, 0.05) is 65.7 Å². The lowest BCUT2D eigenvalue weighted by atomic mass is 9.51. The molecule has 0 aromatic heterocycles. The van der Waals surface area contributed by atoms with Gasteiger partial charge in [-0.15, -0.1) is 0 Å². The van der Waals surface area contributed by atoms with Crippen LogP contribution in [0.25, 0.3) is 0 Å². The van der Waals surface area contributed by atoms with Crippen molar-refractivity contribution < 1.29 is 34.7 Å². The van der Waals surface area contributed by atoms with E-state index in [1.807, 2.05) is 19.2 Å². The number of nitrogens with zero attached hydrogens (tertiary/aromatic N) is 1. The van der Waals surface area contributed by atoms with E-state index in [-0.39, 0.29) is 108 Å². The van der Waals surface area contributed by atoms with Crippen LogP contribution in [-0.4, -0.2) is 70.7 Å². The molecule has 0 saturated heterocycles. The molecule has 13 rings (SSSR count). The SMILES string of the molecule is COC1C=CC2C3CC#Cc4c(C5CCC6CC7(CO)C=CCCC7C(CO)=C6C(=O)C5)cc(OC5CCCC5)c(O)c4C4C5CC(C)CC(C5=CC2C14)c1cc(O)cc(c1)Cc1cccc(c1)C1(CCCCC1)NC(N)=N3. The Morgan fingerprint density at radius 3 is 2.55 bits per heavy atom. The van der Waals surface area contributed by atoms with Crippen molar-refractivity contribution in [3.8, 4) is 29.1 Å². The van der Waals surface area contributed by atoms with Crippen LogP contribution in [-0.2, 0) is 21.5 Å². The van der Waals surface area contributed by atoms with Crippen LogP contribution in [0, 0.1) is 58.7 Å². The number of phenolic OH excluding ortho intramolecular Hbond substituents is 2. The summed E-state index contributed by atoms with van der Waals surface area (Å²) in [6.07, 6.45) is 27.2. The molecule has 10 nitrogen and oxygen atoms in total. The van der Waals surface area contributed by atoms with Gasteiger partial charge in [0.25, 0.3) is 0 Å². The van der Waals surface area contributed by atoms with Gasteiger partial charge in [-0.25, -0.2) is 4.99 Å². The fourth-order valence-corrected chi connectivity index (χ4v) is 18.0. The molecular formula is C68H81N3O7. The van der Waals surface area contributed by atoms with E-state index in [0.717, 1.165) is 122 Å². The van der Waals surface area contributed by atoms with Crippen molar-refractivity contribution >= 4 is 11.7 Å². The third-order valence-electron chi connectivity index (χ3n) is 21.4. The number of methoxy groups -OCH3 is 1. The number of aliphatic imine (C=N–C) groups is 1. The number of hydrogen-bond acceptors (Lipinski definition) is 10. The number of phenols is 2. The van der Waals surface area contributed by atoms with E-state index in [9.17, 15) is 20.4 Å². The van der Waals surface area contributed by atoms with E-state index in [1.54, 1.807) is 0 Å². The fraction of sp³-hybridized carbons (Fsp3) is 0.559. The number of ketones is 1. The van der Waals surface area contributed by atoms with Crippen molar-refractivity contribution in [2.75, 3.05) is 20.3 Å². The second kappa shape index (κ2) is 20.8. The molecule has 1 heterocycles. The number of nitrogens with two attached hydrogens (primary N) is 1. The summed E-state index contributed by atoms with van der Waals surface area (Å²) in [4.78, 5) is 20.9. The first kappa shape index (κ1) is 51.8. The van der Waals surface area contributed by atoms with Crippen molar-refractivity contribution in [1.29, 1.82) is 0 Å². The summed E-state index contributed by atoms with van der Waals surface area (Å²) in [6.45, 7) is 2.15. The number of Topliss-reactive ketones (excluding diaryl/α,β-unsaturated/α-hetero) is 1. The Kier molecular flexibility index (Phi) is 13.8. The van der Waals surface area contributed by atoms with Gasteiger partial charge in [0.2, 0.25) is 0 Å². The van der Waals surface area contributed by atoms with Gasteiger partial charge < -0.3 is 41.0 Å². The Balaban J connectivity index is 1.04. The normalized spacial score (nSPS) is 34.7. The first-order chi connectivity index (χ1) is 38.0. The highest BCUT2D eigenvalue weighted by atomic mass is 16.5. The number of aliphatic hydroxyl groups is 2. The van der Waals surface area contributed by atoms with E-state index < -0.39 is 11.0 Å². The van der Waals surface area contributed by atoms with Crippen molar-refractivity contribution in [2.45, 2.75) is 170 Å². The minimum absolute atomic E-state index is 0.00334. The maximum Gasteiger partial charge on any atom is 0.189 e. The van der Waals surface area contributed by atoms with Gasteiger partial charge in [0.1, 0.15) is 5.75 Å². The number of guanidine groups is 1. The summed E-state index contributed by atoms with van der Waals surface area (Å²) in [5, 5.41) is 51.4. The van der Waals surface area contributed by atoms with Crippen LogP contribution in [0.15, 0.2) is 101 Å². The van der Waals surface area contributed by atoms with Crippen molar-refractivity contribution in [2.24, 2.45) is 57.6 Å². The second-order valence-corrected chi connectivity index (χ2v) is 25.9. The van der Waals surface area contributed by atoms with E-state index >= 15 is 4.79 Å². The number of hydrogen-bond donors (Lipinski definition) is 6. The Morgan fingerprint density at radius 2 is 1.74 bits per heavy atom. The number of aromatic hydroxyl groups is 2.